The average Bonchev–Trinajstić information content (AvgIpc) is 2.70. The normalized spacial score (nSPS) is 13.0. The molecule has 2 atom stereocenters. The van der Waals surface area contributed by atoms with Crippen LogP contribution in [0.25, 0.3) is 0 Å². The van der Waals surface area contributed by atoms with Crippen molar-refractivity contribution in [1.82, 2.24) is 5.32 Å². The fourth-order valence-corrected chi connectivity index (χ4v) is 3.66. The Labute approximate surface area is 176 Å². The molecular weight excluding hydrogens is 388 g/mol. The van der Waals surface area contributed by atoms with Crippen LogP contribution in [0, 0.1) is 0 Å². The maximum absolute atomic E-state index is 11.9. The lowest BCUT2D eigenvalue weighted by Crippen LogP contribution is -2.24. The fourth-order valence-electron chi connectivity index (χ4n) is 2.96. The van der Waals surface area contributed by atoms with Gasteiger partial charge in [0.05, 0.1) is 6.10 Å². The van der Waals surface area contributed by atoms with Crippen molar-refractivity contribution in [2.75, 3.05) is 37.8 Å². The van der Waals surface area contributed by atoms with E-state index in [4.69, 9.17) is 4.74 Å². The summed E-state index contributed by atoms with van der Waals surface area (Å²) >= 11 is -1.33. The van der Waals surface area contributed by atoms with Crippen LogP contribution in [0.1, 0.15) is 31.4 Å². The Kier molecular flexibility index (Phi) is 9.47. The number of nitrogens with one attached hydrogen (secondary N) is 1. The Balaban J connectivity index is 1.75. The van der Waals surface area contributed by atoms with E-state index in [1.165, 1.54) is 18.9 Å². The van der Waals surface area contributed by atoms with Gasteiger partial charge in [-0.1, -0.05) is 24.3 Å². The molecule has 0 bridgehead atoms. The summed E-state index contributed by atoms with van der Waals surface area (Å²) in [5.41, 5.74) is 1.85. The number of nitrogens with zero attached hydrogens (tertiary/aromatic N) is 1. The van der Waals surface area contributed by atoms with E-state index in [0.717, 1.165) is 25.9 Å². The van der Waals surface area contributed by atoms with Crippen LogP contribution >= 0.6 is 0 Å². The Morgan fingerprint density at radius 1 is 1.24 bits per heavy atom. The Bertz CT molecular complexity index is 771. The average molecular weight is 419 g/mol. The lowest BCUT2D eigenvalue weighted by Gasteiger charge is -2.19. The van der Waals surface area contributed by atoms with Gasteiger partial charge in [-0.3, -0.25) is 4.79 Å². The van der Waals surface area contributed by atoms with Gasteiger partial charge in [0, 0.05) is 38.8 Å². The highest BCUT2D eigenvalue weighted by Gasteiger charge is 2.18. The molecule has 0 radical (unpaired) electrons. The number of para-hydroxylation sites is 1. The Morgan fingerprint density at radius 2 is 1.97 bits per heavy atom. The van der Waals surface area contributed by atoms with E-state index < -0.39 is 23.2 Å². The first-order valence-electron chi connectivity index (χ1n) is 9.69. The standard InChI is InChI=1S/C22H30N2O4S/c1-17(25)28-21-12-11-18(15-22(21)29(3)27)20(26)16-23-13-7-8-14-24(2)19-9-5-4-6-10-19/h4-6,9-12,15,20,23,26H,7-8,13-14,16H2,1-3H3. The van der Waals surface area contributed by atoms with Gasteiger partial charge in [-0.2, -0.15) is 0 Å². The lowest BCUT2D eigenvalue weighted by atomic mass is 10.1. The molecule has 0 aromatic heterocycles. The smallest absolute Gasteiger partial charge is 0.308 e. The summed E-state index contributed by atoms with van der Waals surface area (Å²) < 4.78 is 17.0. The molecule has 0 fully saturated rings. The van der Waals surface area contributed by atoms with E-state index >= 15 is 0 Å². The van der Waals surface area contributed by atoms with Crippen LogP contribution in [0.3, 0.4) is 0 Å². The quantitative estimate of drug-likeness (QED) is 0.253. The number of hydrogen-bond acceptors (Lipinski definition) is 6. The molecule has 0 aliphatic heterocycles. The van der Waals surface area contributed by atoms with E-state index in [-0.39, 0.29) is 5.75 Å². The summed E-state index contributed by atoms with van der Waals surface area (Å²) in [6.45, 7) is 3.47. The molecule has 158 valence electrons. The van der Waals surface area contributed by atoms with Crippen molar-refractivity contribution in [1.29, 1.82) is 0 Å². The molecule has 0 aliphatic carbocycles. The Morgan fingerprint density at radius 3 is 2.62 bits per heavy atom. The number of aliphatic hydroxyl groups excluding tert-OH is 1. The molecule has 7 heteroatoms. The molecule has 2 aromatic carbocycles. The summed E-state index contributed by atoms with van der Waals surface area (Å²) in [6.07, 6.45) is 2.84. The van der Waals surface area contributed by atoms with E-state index in [0.29, 0.717) is 17.0 Å². The molecular formula is C22H30N2O4S. The number of esters is 1. The minimum atomic E-state index is -1.33. The van der Waals surface area contributed by atoms with Crippen molar-refractivity contribution >= 4 is 22.8 Å². The third-order valence-corrected chi connectivity index (χ3v) is 5.49. The largest absolute Gasteiger partial charge is 0.612 e. The maximum Gasteiger partial charge on any atom is 0.308 e. The zero-order valence-electron chi connectivity index (χ0n) is 17.3. The van der Waals surface area contributed by atoms with E-state index in [1.807, 2.05) is 18.2 Å². The molecule has 2 aromatic rings. The van der Waals surface area contributed by atoms with Gasteiger partial charge in [0.25, 0.3) is 0 Å². The van der Waals surface area contributed by atoms with Gasteiger partial charge in [0.15, 0.2) is 10.6 Å². The van der Waals surface area contributed by atoms with E-state index in [1.54, 1.807) is 18.2 Å². The van der Waals surface area contributed by atoms with Gasteiger partial charge >= 0.3 is 5.97 Å². The molecule has 6 nitrogen and oxygen atoms in total. The highest BCUT2D eigenvalue weighted by atomic mass is 32.2. The molecule has 0 spiro atoms. The minimum absolute atomic E-state index is 0.268. The predicted octanol–water partition coefficient (Wildman–Crippen LogP) is 2.89. The number of aliphatic hydroxyl groups is 1. The van der Waals surface area contributed by atoms with Crippen LogP contribution in [-0.2, 0) is 16.0 Å². The van der Waals surface area contributed by atoms with Crippen molar-refractivity contribution < 1.29 is 19.2 Å². The van der Waals surface area contributed by atoms with Crippen LogP contribution in [0.5, 0.6) is 5.75 Å². The fraction of sp³-hybridized carbons (Fsp3) is 0.409. The molecule has 0 saturated heterocycles. The zero-order valence-corrected chi connectivity index (χ0v) is 18.1. The Hall–Kier alpha value is -2.06. The second kappa shape index (κ2) is 11.8. The second-order valence-electron chi connectivity index (χ2n) is 6.94. The first kappa shape index (κ1) is 23.2. The highest BCUT2D eigenvalue weighted by Crippen LogP contribution is 2.27. The number of unbranched alkanes of at least 4 members (excludes halogenated alkanes) is 1. The van der Waals surface area contributed by atoms with Crippen LogP contribution in [0.2, 0.25) is 0 Å². The van der Waals surface area contributed by atoms with E-state index in [9.17, 15) is 14.5 Å². The first-order chi connectivity index (χ1) is 13.9. The highest BCUT2D eigenvalue weighted by molar-refractivity contribution is 7.90. The minimum Gasteiger partial charge on any atom is -0.612 e. The van der Waals surface area contributed by atoms with Gasteiger partial charge in [-0.25, -0.2) is 0 Å². The molecule has 2 rings (SSSR count). The zero-order chi connectivity index (χ0) is 21.2. The molecule has 0 amide bonds. The van der Waals surface area contributed by atoms with Gasteiger partial charge in [0.1, 0.15) is 6.26 Å². The topological polar surface area (TPSA) is 84.9 Å². The van der Waals surface area contributed by atoms with Crippen LogP contribution in [0.4, 0.5) is 5.69 Å². The summed E-state index contributed by atoms with van der Waals surface area (Å²) in [6, 6.07) is 15.2. The van der Waals surface area contributed by atoms with Crippen molar-refractivity contribution in [3.63, 3.8) is 0 Å². The summed E-state index contributed by atoms with van der Waals surface area (Å²) in [5.74, 6) is -0.200. The summed E-state index contributed by atoms with van der Waals surface area (Å²) in [5, 5.41) is 13.7. The second-order valence-corrected chi connectivity index (χ2v) is 8.29. The number of rotatable bonds is 11. The maximum atomic E-state index is 11.9. The molecule has 0 saturated carbocycles. The van der Waals surface area contributed by atoms with Crippen LogP contribution in [-0.4, -0.2) is 48.6 Å². The molecule has 29 heavy (non-hydrogen) atoms. The predicted molar refractivity (Wildman–Crippen MR) is 117 cm³/mol. The van der Waals surface area contributed by atoms with Gasteiger partial charge in [0.2, 0.25) is 0 Å². The SMILES string of the molecule is CC(=O)Oc1ccc(C(O)CNCCCCN(C)c2ccccc2)cc1[S+](C)[O-]. The third kappa shape index (κ3) is 7.70. The summed E-state index contributed by atoms with van der Waals surface area (Å²) in [4.78, 5) is 13.8. The number of hydrogen-bond donors (Lipinski definition) is 2. The number of ether oxygens (including phenoxy) is 1. The van der Waals surface area contributed by atoms with Crippen molar-refractivity contribution in [3.05, 3.63) is 54.1 Å². The number of benzene rings is 2. The van der Waals surface area contributed by atoms with Crippen LogP contribution < -0.4 is 15.0 Å². The lowest BCUT2D eigenvalue weighted by molar-refractivity contribution is -0.132. The monoisotopic (exact) mass is 418 g/mol. The molecule has 0 aliphatic rings. The van der Waals surface area contributed by atoms with Crippen molar-refractivity contribution in [2.24, 2.45) is 0 Å². The van der Waals surface area contributed by atoms with E-state index in [2.05, 4.69) is 29.4 Å². The van der Waals surface area contributed by atoms with Crippen LogP contribution in [0.15, 0.2) is 53.4 Å². The van der Waals surface area contributed by atoms with Gasteiger partial charge < -0.3 is 24.6 Å². The first-order valence-corrected chi connectivity index (χ1v) is 11.2. The number of anilines is 1. The molecule has 0 heterocycles. The summed E-state index contributed by atoms with van der Waals surface area (Å²) in [7, 11) is 2.08. The number of carbonyl (C=O) groups is 1. The molecule has 2 N–H and O–H groups in total. The van der Waals surface area contributed by atoms with Gasteiger partial charge in [-0.15, -0.1) is 0 Å². The van der Waals surface area contributed by atoms with Crippen molar-refractivity contribution in [2.45, 2.75) is 30.8 Å². The number of carbonyl (C=O) groups excluding carboxylic acids is 1. The molecule has 2 unspecified atom stereocenters. The van der Waals surface area contributed by atoms with Crippen molar-refractivity contribution in [3.8, 4) is 5.75 Å². The third-order valence-electron chi connectivity index (χ3n) is 4.55. The van der Waals surface area contributed by atoms with Gasteiger partial charge in [-0.05, 0) is 54.3 Å².